The second-order valence-corrected chi connectivity index (χ2v) is 3.80. The predicted octanol–water partition coefficient (Wildman–Crippen LogP) is 4.10. The third kappa shape index (κ3) is 2.85. The minimum atomic E-state index is -0.198. The maximum atomic E-state index is 13.3. The van der Waals surface area contributed by atoms with Crippen LogP contribution in [0, 0.1) is 11.7 Å². The maximum absolute atomic E-state index is 13.3. The first-order valence-corrected chi connectivity index (χ1v) is 5.19. The monoisotopic (exact) mass is 212 g/mol. The van der Waals surface area contributed by atoms with Gasteiger partial charge in [0.2, 0.25) is 0 Å². The van der Waals surface area contributed by atoms with Crippen LogP contribution in [0.1, 0.15) is 19.4 Å². The van der Waals surface area contributed by atoms with Crippen molar-refractivity contribution in [2.24, 2.45) is 5.92 Å². The molecule has 1 aromatic carbocycles. The average molecular weight is 213 g/mol. The lowest BCUT2D eigenvalue weighted by Gasteiger charge is -2.07. The number of hydrogen-bond acceptors (Lipinski definition) is 0. The summed E-state index contributed by atoms with van der Waals surface area (Å²) in [7, 11) is 0. The Morgan fingerprint density at radius 1 is 1.43 bits per heavy atom. The van der Waals surface area contributed by atoms with E-state index in [-0.39, 0.29) is 5.82 Å². The highest BCUT2D eigenvalue weighted by Crippen LogP contribution is 2.17. The predicted molar refractivity (Wildman–Crippen MR) is 59.9 cm³/mol. The van der Waals surface area contributed by atoms with Gasteiger partial charge in [0.25, 0.3) is 0 Å². The Hall–Kier alpha value is -0.820. The number of allylic oxidation sites excluding steroid dienone is 1. The number of rotatable bonds is 3. The molecule has 0 nitrogen and oxygen atoms in total. The normalized spacial score (nSPS) is 12.2. The Labute approximate surface area is 89.4 Å². The quantitative estimate of drug-likeness (QED) is 0.662. The van der Waals surface area contributed by atoms with Gasteiger partial charge in [-0.25, -0.2) is 4.39 Å². The van der Waals surface area contributed by atoms with Gasteiger partial charge in [0.1, 0.15) is 5.82 Å². The molecule has 2 heteroatoms. The summed E-state index contributed by atoms with van der Waals surface area (Å²) >= 11 is 5.77. The molecule has 0 N–H and O–H groups in total. The standard InChI is InChI=1S/C12H14ClF/c1-9(2)11(8-13)7-10-5-3-4-6-12(10)14/h3-7,9H,8H2,1-2H3/b11-7+. The fourth-order valence-corrected chi connectivity index (χ4v) is 1.54. The van der Waals surface area contributed by atoms with Gasteiger partial charge in [0.15, 0.2) is 0 Å². The third-order valence-electron chi connectivity index (χ3n) is 2.14. The zero-order valence-corrected chi connectivity index (χ0v) is 9.18. The molecule has 1 aromatic rings. The van der Waals surface area contributed by atoms with E-state index < -0.39 is 0 Å². The first-order valence-electron chi connectivity index (χ1n) is 4.66. The summed E-state index contributed by atoms with van der Waals surface area (Å²) in [6.45, 7) is 4.10. The van der Waals surface area contributed by atoms with Crippen LogP contribution in [0.5, 0.6) is 0 Å². The van der Waals surface area contributed by atoms with E-state index in [1.54, 1.807) is 12.1 Å². The zero-order valence-electron chi connectivity index (χ0n) is 8.43. The molecule has 0 aliphatic rings. The summed E-state index contributed by atoms with van der Waals surface area (Å²) in [5.41, 5.74) is 1.66. The van der Waals surface area contributed by atoms with Crippen molar-refractivity contribution in [3.63, 3.8) is 0 Å². The molecule has 1 rings (SSSR count). The van der Waals surface area contributed by atoms with Crippen LogP contribution in [0.2, 0.25) is 0 Å². The van der Waals surface area contributed by atoms with E-state index in [4.69, 9.17) is 11.6 Å². The molecule has 0 amide bonds. The molecule has 0 unspecified atom stereocenters. The van der Waals surface area contributed by atoms with Gasteiger partial charge in [-0.05, 0) is 12.0 Å². The van der Waals surface area contributed by atoms with E-state index in [2.05, 4.69) is 13.8 Å². The number of halogens is 2. The van der Waals surface area contributed by atoms with E-state index in [9.17, 15) is 4.39 Å². The van der Waals surface area contributed by atoms with Crippen molar-refractivity contribution in [2.45, 2.75) is 13.8 Å². The van der Waals surface area contributed by atoms with Crippen LogP contribution in [0.25, 0.3) is 6.08 Å². The van der Waals surface area contributed by atoms with Gasteiger partial charge in [-0.1, -0.05) is 43.7 Å². The molecule has 14 heavy (non-hydrogen) atoms. The number of hydrogen-bond donors (Lipinski definition) is 0. The van der Waals surface area contributed by atoms with Gasteiger partial charge in [-0.3, -0.25) is 0 Å². The van der Waals surface area contributed by atoms with Gasteiger partial charge < -0.3 is 0 Å². The Kier molecular flexibility index (Phi) is 4.15. The minimum absolute atomic E-state index is 0.198. The lowest BCUT2D eigenvalue weighted by molar-refractivity contribution is 0.624. The summed E-state index contributed by atoms with van der Waals surface area (Å²) < 4.78 is 13.3. The highest BCUT2D eigenvalue weighted by molar-refractivity contribution is 6.19. The number of benzene rings is 1. The van der Waals surface area contributed by atoms with Crippen molar-refractivity contribution in [3.05, 3.63) is 41.2 Å². The van der Waals surface area contributed by atoms with Crippen LogP contribution in [0.3, 0.4) is 0 Å². The fraction of sp³-hybridized carbons (Fsp3) is 0.333. The fourth-order valence-electron chi connectivity index (χ4n) is 1.15. The van der Waals surface area contributed by atoms with Crippen LogP contribution in [-0.2, 0) is 0 Å². The lowest BCUT2D eigenvalue weighted by atomic mass is 10.0. The highest BCUT2D eigenvalue weighted by atomic mass is 35.5. The van der Waals surface area contributed by atoms with Crippen molar-refractivity contribution < 1.29 is 4.39 Å². The molecule has 0 saturated carbocycles. The van der Waals surface area contributed by atoms with Crippen LogP contribution in [-0.4, -0.2) is 5.88 Å². The Balaban J connectivity index is 3.00. The van der Waals surface area contributed by atoms with Gasteiger partial charge >= 0.3 is 0 Å². The summed E-state index contributed by atoms with van der Waals surface area (Å²) in [5, 5.41) is 0. The molecule has 0 atom stereocenters. The maximum Gasteiger partial charge on any atom is 0.130 e. The summed E-state index contributed by atoms with van der Waals surface area (Å²) in [4.78, 5) is 0. The molecule has 0 spiro atoms. The number of alkyl halides is 1. The average Bonchev–Trinajstić information content (AvgIpc) is 2.16. The van der Waals surface area contributed by atoms with Crippen LogP contribution in [0.15, 0.2) is 29.8 Å². The Morgan fingerprint density at radius 2 is 2.07 bits per heavy atom. The van der Waals surface area contributed by atoms with Crippen LogP contribution in [0.4, 0.5) is 4.39 Å². The van der Waals surface area contributed by atoms with E-state index in [0.717, 1.165) is 5.57 Å². The largest absolute Gasteiger partial charge is 0.206 e. The van der Waals surface area contributed by atoms with Crippen molar-refractivity contribution in [2.75, 3.05) is 5.88 Å². The highest BCUT2D eigenvalue weighted by Gasteiger charge is 2.03. The molecule has 0 aromatic heterocycles. The van der Waals surface area contributed by atoms with Gasteiger partial charge in [0, 0.05) is 11.4 Å². The van der Waals surface area contributed by atoms with Crippen molar-refractivity contribution in [1.29, 1.82) is 0 Å². The zero-order chi connectivity index (χ0) is 10.6. The second-order valence-electron chi connectivity index (χ2n) is 3.53. The van der Waals surface area contributed by atoms with Crippen LogP contribution < -0.4 is 0 Å². The van der Waals surface area contributed by atoms with E-state index >= 15 is 0 Å². The first kappa shape index (κ1) is 11.3. The second kappa shape index (κ2) is 5.16. The smallest absolute Gasteiger partial charge is 0.130 e. The Morgan fingerprint density at radius 3 is 2.57 bits per heavy atom. The minimum Gasteiger partial charge on any atom is -0.206 e. The summed E-state index contributed by atoms with van der Waals surface area (Å²) in [5.74, 6) is 0.606. The summed E-state index contributed by atoms with van der Waals surface area (Å²) in [6, 6.07) is 6.71. The molecule has 0 bridgehead atoms. The molecular formula is C12H14ClF. The van der Waals surface area contributed by atoms with Crippen molar-refractivity contribution >= 4 is 17.7 Å². The molecule has 0 heterocycles. The van der Waals surface area contributed by atoms with Crippen molar-refractivity contribution in [1.82, 2.24) is 0 Å². The van der Waals surface area contributed by atoms with Gasteiger partial charge in [-0.2, -0.15) is 0 Å². The van der Waals surface area contributed by atoms with Gasteiger partial charge in [0.05, 0.1) is 0 Å². The topological polar surface area (TPSA) is 0 Å². The molecule has 0 aliphatic carbocycles. The molecular weight excluding hydrogens is 199 g/mol. The van der Waals surface area contributed by atoms with Crippen molar-refractivity contribution in [3.8, 4) is 0 Å². The molecule has 76 valence electrons. The third-order valence-corrected chi connectivity index (χ3v) is 2.45. The molecule has 0 fully saturated rings. The molecule has 0 radical (unpaired) electrons. The first-order chi connectivity index (χ1) is 6.65. The van der Waals surface area contributed by atoms with Crippen LogP contribution >= 0.6 is 11.6 Å². The summed E-state index contributed by atoms with van der Waals surface area (Å²) in [6.07, 6.45) is 1.83. The lowest BCUT2D eigenvalue weighted by Crippen LogP contribution is -1.95. The van der Waals surface area contributed by atoms with E-state index in [1.807, 2.05) is 12.1 Å². The van der Waals surface area contributed by atoms with Gasteiger partial charge in [-0.15, -0.1) is 11.6 Å². The van der Waals surface area contributed by atoms with E-state index in [1.165, 1.54) is 6.07 Å². The Bertz CT molecular complexity index is 329. The van der Waals surface area contributed by atoms with E-state index in [0.29, 0.717) is 17.4 Å². The SMILES string of the molecule is CC(C)/C(=C/c1ccccc1F)CCl. The molecule has 0 saturated heterocycles. The molecule has 0 aliphatic heterocycles.